The summed E-state index contributed by atoms with van der Waals surface area (Å²) in [5.41, 5.74) is 7.26. The molecule has 1 amide bonds. The van der Waals surface area contributed by atoms with Gasteiger partial charge in [-0.1, -0.05) is 19.4 Å². The van der Waals surface area contributed by atoms with Crippen molar-refractivity contribution in [2.24, 2.45) is 0 Å². The summed E-state index contributed by atoms with van der Waals surface area (Å²) in [6.45, 7) is 3.80. The van der Waals surface area contributed by atoms with Crippen molar-refractivity contribution in [1.82, 2.24) is 16.2 Å². The van der Waals surface area contributed by atoms with E-state index in [1.807, 2.05) is 18.2 Å². The second-order valence-corrected chi connectivity index (χ2v) is 5.76. The average molecular weight is 305 g/mol. The van der Waals surface area contributed by atoms with E-state index in [-0.39, 0.29) is 11.9 Å². The maximum absolute atomic E-state index is 12.2. The van der Waals surface area contributed by atoms with Gasteiger partial charge in [0.25, 0.3) is 0 Å². The number of carbonyl (C=O) groups excluding carboxylic acids is 1. The van der Waals surface area contributed by atoms with Gasteiger partial charge in [0.15, 0.2) is 11.5 Å². The summed E-state index contributed by atoms with van der Waals surface area (Å²) >= 11 is 0. The van der Waals surface area contributed by atoms with E-state index in [1.165, 1.54) is 0 Å². The Labute approximate surface area is 130 Å². The fourth-order valence-corrected chi connectivity index (χ4v) is 2.84. The van der Waals surface area contributed by atoms with Crippen LogP contribution in [0.3, 0.4) is 0 Å². The minimum Gasteiger partial charge on any atom is -0.486 e. The topological polar surface area (TPSA) is 71.6 Å². The predicted molar refractivity (Wildman–Crippen MR) is 82.7 cm³/mol. The molecule has 6 heteroatoms. The minimum atomic E-state index is -0.159. The molecule has 3 rings (SSSR count). The van der Waals surface area contributed by atoms with E-state index in [4.69, 9.17) is 9.47 Å². The van der Waals surface area contributed by atoms with Crippen LogP contribution in [0.4, 0.5) is 0 Å². The zero-order valence-corrected chi connectivity index (χ0v) is 12.9. The lowest BCUT2D eigenvalue weighted by molar-refractivity contribution is -0.123. The van der Waals surface area contributed by atoms with Gasteiger partial charge in [-0.3, -0.25) is 10.2 Å². The Morgan fingerprint density at radius 2 is 2.09 bits per heavy atom. The average Bonchev–Trinajstić information content (AvgIpc) is 3.01. The summed E-state index contributed by atoms with van der Waals surface area (Å²) in [4.78, 5) is 12.2. The molecule has 2 atom stereocenters. The number of rotatable bonds is 5. The third kappa shape index (κ3) is 3.51. The van der Waals surface area contributed by atoms with Crippen molar-refractivity contribution in [1.29, 1.82) is 0 Å². The van der Waals surface area contributed by atoms with Crippen molar-refractivity contribution in [3.05, 3.63) is 23.8 Å². The van der Waals surface area contributed by atoms with Crippen LogP contribution >= 0.6 is 0 Å². The van der Waals surface area contributed by atoms with Crippen LogP contribution in [0, 0.1) is 0 Å². The quantitative estimate of drug-likeness (QED) is 0.760. The van der Waals surface area contributed by atoms with Crippen LogP contribution < -0.4 is 25.6 Å². The van der Waals surface area contributed by atoms with E-state index < -0.39 is 0 Å². The molecule has 1 fully saturated rings. The number of hydrogen-bond donors (Lipinski definition) is 3. The molecule has 0 saturated carbocycles. The van der Waals surface area contributed by atoms with Gasteiger partial charge in [0, 0.05) is 12.6 Å². The molecule has 0 radical (unpaired) electrons. The van der Waals surface area contributed by atoms with Crippen LogP contribution in [0.25, 0.3) is 0 Å². The maximum Gasteiger partial charge on any atom is 0.238 e. The van der Waals surface area contributed by atoms with Crippen LogP contribution in [0.15, 0.2) is 18.2 Å². The van der Waals surface area contributed by atoms with E-state index in [1.54, 1.807) is 0 Å². The van der Waals surface area contributed by atoms with Crippen LogP contribution in [0.5, 0.6) is 11.5 Å². The van der Waals surface area contributed by atoms with Crippen molar-refractivity contribution >= 4 is 5.91 Å². The second-order valence-electron chi connectivity index (χ2n) is 5.76. The number of ether oxygens (including phenoxy) is 2. The fraction of sp³-hybridized carbons (Fsp3) is 0.562. The third-order valence-corrected chi connectivity index (χ3v) is 4.01. The number of amides is 1. The summed E-state index contributed by atoms with van der Waals surface area (Å²) in [6, 6.07) is 6.00. The summed E-state index contributed by atoms with van der Waals surface area (Å²) in [5, 5.41) is 2.97. The Morgan fingerprint density at radius 1 is 1.27 bits per heavy atom. The molecule has 2 aliphatic heterocycles. The van der Waals surface area contributed by atoms with E-state index in [0.29, 0.717) is 25.8 Å². The molecule has 120 valence electrons. The Bertz CT molecular complexity index is 535. The smallest absolute Gasteiger partial charge is 0.238 e. The van der Waals surface area contributed by atoms with Crippen molar-refractivity contribution in [2.45, 2.75) is 44.8 Å². The SMILES string of the molecule is CCCC1CC(C(=O)NCc2ccc3c(c2)OCCO3)NN1. The molecule has 0 bridgehead atoms. The lowest BCUT2D eigenvalue weighted by atomic mass is 10.1. The molecular formula is C16H23N3O3. The molecular weight excluding hydrogens is 282 g/mol. The van der Waals surface area contributed by atoms with E-state index in [0.717, 1.165) is 36.3 Å². The molecule has 2 unspecified atom stereocenters. The number of hydrazine groups is 1. The monoisotopic (exact) mass is 305 g/mol. The molecule has 2 heterocycles. The van der Waals surface area contributed by atoms with Crippen LogP contribution in [0.1, 0.15) is 31.7 Å². The normalized spacial score (nSPS) is 23.3. The first-order valence-electron chi connectivity index (χ1n) is 7.93. The van der Waals surface area contributed by atoms with Gasteiger partial charge >= 0.3 is 0 Å². The molecule has 2 aliphatic rings. The molecule has 0 aromatic heterocycles. The lowest BCUT2D eigenvalue weighted by Crippen LogP contribution is -2.43. The lowest BCUT2D eigenvalue weighted by Gasteiger charge is -2.19. The van der Waals surface area contributed by atoms with Gasteiger partial charge in [-0.05, 0) is 30.5 Å². The van der Waals surface area contributed by atoms with Gasteiger partial charge in [0.2, 0.25) is 5.91 Å². The van der Waals surface area contributed by atoms with Crippen molar-refractivity contribution in [2.75, 3.05) is 13.2 Å². The minimum absolute atomic E-state index is 0.0287. The highest BCUT2D eigenvalue weighted by Gasteiger charge is 2.28. The second kappa shape index (κ2) is 6.98. The largest absolute Gasteiger partial charge is 0.486 e. The first kappa shape index (κ1) is 15.1. The van der Waals surface area contributed by atoms with Gasteiger partial charge < -0.3 is 14.8 Å². The molecule has 22 heavy (non-hydrogen) atoms. The first-order chi connectivity index (χ1) is 10.8. The fourth-order valence-electron chi connectivity index (χ4n) is 2.84. The summed E-state index contributed by atoms with van der Waals surface area (Å²) in [6.07, 6.45) is 3.03. The van der Waals surface area contributed by atoms with Crippen LogP contribution in [0.2, 0.25) is 0 Å². The Hall–Kier alpha value is -1.79. The van der Waals surface area contributed by atoms with Crippen LogP contribution in [-0.2, 0) is 11.3 Å². The summed E-state index contributed by atoms with van der Waals surface area (Å²) < 4.78 is 11.0. The summed E-state index contributed by atoms with van der Waals surface area (Å²) in [7, 11) is 0. The maximum atomic E-state index is 12.2. The van der Waals surface area contributed by atoms with E-state index in [2.05, 4.69) is 23.1 Å². The number of benzene rings is 1. The number of hydrogen-bond acceptors (Lipinski definition) is 5. The zero-order valence-electron chi connectivity index (χ0n) is 12.9. The van der Waals surface area contributed by atoms with Crippen molar-refractivity contribution < 1.29 is 14.3 Å². The Kier molecular flexibility index (Phi) is 4.80. The highest BCUT2D eigenvalue weighted by Crippen LogP contribution is 2.30. The van der Waals surface area contributed by atoms with E-state index >= 15 is 0 Å². The van der Waals surface area contributed by atoms with Gasteiger partial charge in [0.05, 0.1) is 0 Å². The van der Waals surface area contributed by atoms with Crippen molar-refractivity contribution in [3.8, 4) is 11.5 Å². The molecule has 1 aromatic rings. The predicted octanol–water partition coefficient (Wildman–Crippen LogP) is 1.11. The zero-order chi connectivity index (χ0) is 15.4. The number of nitrogens with one attached hydrogen (secondary N) is 3. The first-order valence-corrected chi connectivity index (χ1v) is 7.93. The van der Waals surface area contributed by atoms with Gasteiger partial charge in [0.1, 0.15) is 19.3 Å². The molecule has 1 saturated heterocycles. The number of fused-ring (bicyclic) bond motifs is 1. The molecule has 0 spiro atoms. The summed E-state index contributed by atoms with van der Waals surface area (Å²) in [5.74, 6) is 1.55. The molecule has 0 aliphatic carbocycles. The van der Waals surface area contributed by atoms with Gasteiger partial charge in [-0.15, -0.1) is 0 Å². The molecule has 3 N–H and O–H groups in total. The highest BCUT2D eigenvalue weighted by atomic mass is 16.6. The van der Waals surface area contributed by atoms with Crippen molar-refractivity contribution in [3.63, 3.8) is 0 Å². The standard InChI is InChI=1S/C16H23N3O3/c1-2-3-12-9-13(19-18-12)16(20)17-10-11-4-5-14-15(8-11)22-7-6-21-14/h4-5,8,12-13,18-19H,2-3,6-7,9-10H2,1H3,(H,17,20). The highest BCUT2D eigenvalue weighted by molar-refractivity contribution is 5.82. The Balaban J connectivity index is 1.51. The van der Waals surface area contributed by atoms with Gasteiger partial charge in [-0.25, -0.2) is 5.43 Å². The molecule has 1 aromatic carbocycles. The van der Waals surface area contributed by atoms with Crippen LogP contribution in [-0.4, -0.2) is 31.2 Å². The Morgan fingerprint density at radius 3 is 2.91 bits per heavy atom. The number of carbonyl (C=O) groups is 1. The molecule has 6 nitrogen and oxygen atoms in total. The van der Waals surface area contributed by atoms with Gasteiger partial charge in [-0.2, -0.15) is 0 Å². The van der Waals surface area contributed by atoms with E-state index in [9.17, 15) is 4.79 Å². The third-order valence-electron chi connectivity index (χ3n) is 4.01.